The lowest BCUT2D eigenvalue weighted by molar-refractivity contribution is 0.0993. The van der Waals surface area contributed by atoms with E-state index in [0.29, 0.717) is 11.3 Å². The van der Waals surface area contributed by atoms with Crippen molar-refractivity contribution in [2.45, 2.75) is 39.5 Å². The van der Waals surface area contributed by atoms with Crippen molar-refractivity contribution in [1.29, 1.82) is 0 Å². The molecular formula is C16H20N2O2S. The SMILES string of the molecule is COc1ccc(C)cc1CC(=O)c1snnc1C(C)(C)C. The van der Waals surface area contributed by atoms with Gasteiger partial charge in [0.1, 0.15) is 10.6 Å². The first-order chi connectivity index (χ1) is 9.82. The molecule has 0 aliphatic heterocycles. The minimum Gasteiger partial charge on any atom is -0.496 e. The predicted molar refractivity (Wildman–Crippen MR) is 84.4 cm³/mol. The largest absolute Gasteiger partial charge is 0.496 e. The van der Waals surface area contributed by atoms with E-state index in [9.17, 15) is 4.79 Å². The fourth-order valence-electron chi connectivity index (χ4n) is 2.16. The molecule has 0 fully saturated rings. The molecule has 5 heteroatoms. The number of rotatable bonds is 4. The van der Waals surface area contributed by atoms with Crippen LogP contribution in [0.1, 0.15) is 47.3 Å². The Morgan fingerprint density at radius 3 is 2.67 bits per heavy atom. The van der Waals surface area contributed by atoms with Crippen LogP contribution >= 0.6 is 11.5 Å². The first kappa shape index (κ1) is 15.6. The van der Waals surface area contributed by atoms with Gasteiger partial charge in [0.05, 0.1) is 12.8 Å². The molecule has 21 heavy (non-hydrogen) atoms. The van der Waals surface area contributed by atoms with E-state index in [1.165, 1.54) is 11.5 Å². The minimum atomic E-state index is -0.186. The number of benzene rings is 1. The average Bonchev–Trinajstić information content (AvgIpc) is 2.88. The number of carbonyl (C=O) groups excluding carboxylic acids is 1. The average molecular weight is 304 g/mol. The van der Waals surface area contributed by atoms with Crippen molar-refractivity contribution in [3.8, 4) is 5.75 Å². The van der Waals surface area contributed by atoms with Gasteiger partial charge in [0.2, 0.25) is 0 Å². The highest BCUT2D eigenvalue weighted by atomic mass is 32.1. The zero-order valence-corrected chi connectivity index (χ0v) is 13.9. The van der Waals surface area contributed by atoms with Gasteiger partial charge in [-0.15, -0.1) is 5.10 Å². The molecule has 0 bridgehead atoms. The summed E-state index contributed by atoms with van der Waals surface area (Å²) in [4.78, 5) is 13.2. The zero-order valence-electron chi connectivity index (χ0n) is 13.1. The minimum absolute atomic E-state index is 0.0406. The van der Waals surface area contributed by atoms with E-state index in [1.807, 2.05) is 45.9 Å². The second-order valence-electron chi connectivity index (χ2n) is 6.12. The Labute approximate surface area is 129 Å². The lowest BCUT2D eigenvalue weighted by Gasteiger charge is -2.16. The molecule has 0 saturated carbocycles. The summed E-state index contributed by atoms with van der Waals surface area (Å²) < 4.78 is 9.29. The van der Waals surface area contributed by atoms with Crippen molar-refractivity contribution >= 4 is 17.3 Å². The lowest BCUT2D eigenvalue weighted by Crippen LogP contribution is -2.17. The molecule has 0 radical (unpaired) electrons. The van der Waals surface area contributed by atoms with Gasteiger partial charge in [-0.05, 0) is 24.5 Å². The van der Waals surface area contributed by atoms with Crippen molar-refractivity contribution in [2.24, 2.45) is 0 Å². The van der Waals surface area contributed by atoms with Crippen molar-refractivity contribution < 1.29 is 9.53 Å². The van der Waals surface area contributed by atoms with E-state index in [4.69, 9.17) is 4.74 Å². The van der Waals surface area contributed by atoms with Crippen LogP contribution in [0, 0.1) is 6.92 Å². The predicted octanol–water partition coefficient (Wildman–Crippen LogP) is 3.58. The van der Waals surface area contributed by atoms with E-state index < -0.39 is 0 Å². The molecule has 0 atom stereocenters. The third-order valence-electron chi connectivity index (χ3n) is 3.24. The second kappa shape index (κ2) is 5.93. The molecule has 0 aliphatic carbocycles. The summed E-state index contributed by atoms with van der Waals surface area (Å²) in [7, 11) is 1.62. The molecule has 2 rings (SSSR count). The van der Waals surface area contributed by atoms with Crippen molar-refractivity contribution in [3.05, 3.63) is 39.9 Å². The zero-order chi connectivity index (χ0) is 15.6. The number of aromatic nitrogens is 2. The van der Waals surface area contributed by atoms with Gasteiger partial charge in [-0.2, -0.15) is 0 Å². The van der Waals surface area contributed by atoms with Gasteiger partial charge >= 0.3 is 0 Å². The van der Waals surface area contributed by atoms with Gasteiger partial charge in [-0.25, -0.2) is 0 Å². The number of carbonyl (C=O) groups is 1. The van der Waals surface area contributed by atoms with Crippen LogP contribution in [0.25, 0.3) is 0 Å². The number of nitrogens with zero attached hydrogens (tertiary/aromatic N) is 2. The van der Waals surface area contributed by atoms with E-state index in [0.717, 1.165) is 22.6 Å². The summed E-state index contributed by atoms with van der Waals surface area (Å²) >= 11 is 1.17. The van der Waals surface area contributed by atoms with Gasteiger partial charge < -0.3 is 4.74 Å². The lowest BCUT2D eigenvalue weighted by atomic mass is 9.90. The highest BCUT2D eigenvalue weighted by molar-refractivity contribution is 7.08. The molecule has 0 unspecified atom stereocenters. The Morgan fingerprint density at radius 2 is 2.05 bits per heavy atom. The van der Waals surface area contributed by atoms with Crippen LogP contribution in [0.5, 0.6) is 5.75 Å². The quantitative estimate of drug-likeness (QED) is 0.810. The van der Waals surface area contributed by atoms with Gasteiger partial charge in [0.25, 0.3) is 0 Å². The third-order valence-corrected chi connectivity index (χ3v) is 4.01. The Morgan fingerprint density at radius 1 is 1.33 bits per heavy atom. The monoisotopic (exact) mass is 304 g/mol. The highest BCUT2D eigenvalue weighted by Gasteiger charge is 2.26. The number of ketones is 1. The fraction of sp³-hybridized carbons (Fsp3) is 0.438. The Kier molecular flexibility index (Phi) is 4.42. The van der Waals surface area contributed by atoms with Crippen LogP contribution in [0.4, 0.5) is 0 Å². The molecule has 0 saturated heterocycles. The summed E-state index contributed by atoms with van der Waals surface area (Å²) in [5, 5.41) is 4.13. The first-order valence-electron chi connectivity index (χ1n) is 6.82. The van der Waals surface area contributed by atoms with Crippen LogP contribution in [0.2, 0.25) is 0 Å². The molecule has 1 heterocycles. The topological polar surface area (TPSA) is 52.1 Å². The third kappa shape index (κ3) is 3.47. The van der Waals surface area contributed by atoms with Crippen LogP contribution in [0.15, 0.2) is 18.2 Å². The summed E-state index contributed by atoms with van der Waals surface area (Å²) in [6, 6.07) is 5.86. The molecule has 0 amide bonds. The number of hydrogen-bond donors (Lipinski definition) is 0. The molecule has 0 N–H and O–H groups in total. The van der Waals surface area contributed by atoms with Crippen molar-refractivity contribution in [3.63, 3.8) is 0 Å². The number of aryl methyl sites for hydroxylation is 1. The number of methoxy groups -OCH3 is 1. The fourth-order valence-corrected chi connectivity index (χ4v) is 2.97. The van der Waals surface area contributed by atoms with E-state index in [2.05, 4.69) is 9.59 Å². The summed E-state index contributed by atoms with van der Waals surface area (Å²) in [5.74, 6) is 0.780. The molecular weight excluding hydrogens is 284 g/mol. The van der Waals surface area contributed by atoms with Crippen LogP contribution in [-0.2, 0) is 11.8 Å². The molecule has 112 valence electrons. The molecule has 2 aromatic rings. The van der Waals surface area contributed by atoms with E-state index in [1.54, 1.807) is 7.11 Å². The van der Waals surface area contributed by atoms with Crippen LogP contribution in [-0.4, -0.2) is 22.5 Å². The smallest absolute Gasteiger partial charge is 0.180 e. The second-order valence-corrected chi connectivity index (χ2v) is 6.87. The number of ether oxygens (including phenoxy) is 1. The molecule has 0 spiro atoms. The maximum absolute atomic E-state index is 12.6. The first-order valence-corrected chi connectivity index (χ1v) is 7.60. The van der Waals surface area contributed by atoms with Gasteiger partial charge in [-0.1, -0.05) is 43.0 Å². The standard InChI is InChI=1S/C16H20N2O2S/c1-10-6-7-13(20-5)11(8-10)9-12(19)14-15(16(2,3)4)17-18-21-14/h6-8H,9H2,1-5H3. The summed E-state index contributed by atoms with van der Waals surface area (Å²) in [6.07, 6.45) is 0.303. The van der Waals surface area contributed by atoms with E-state index >= 15 is 0 Å². The summed E-state index contributed by atoms with van der Waals surface area (Å²) in [6.45, 7) is 8.11. The summed E-state index contributed by atoms with van der Waals surface area (Å²) in [5.41, 5.74) is 2.59. The van der Waals surface area contributed by atoms with Crippen LogP contribution < -0.4 is 4.74 Å². The Bertz CT molecular complexity index is 657. The highest BCUT2D eigenvalue weighted by Crippen LogP contribution is 2.28. The van der Waals surface area contributed by atoms with Gasteiger partial charge in [0.15, 0.2) is 5.78 Å². The van der Waals surface area contributed by atoms with Crippen molar-refractivity contribution in [1.82, 2.24) is 9.59 Å². The molecule has 1 aromatic carbocycles. The van der Waals surface area contributed by atoms with Gasteiger partial charge in [0, 0.05) is 17.4 Å². The number of Topliss-reactive ketones (excluding diaryl/α,β-unsaturated/α-hetero) is 1. The normalized spacial score (nSPS) is 11.5. The molecule has 0 aliphatic rings. The maximum Gasteiger partial charge on any atom is 0.180 e. The maximum atomic E-state index is 12.6. The van der Waals surface area contributed by atoms with Crippen LogP contribution in [0.3, 0.4) is 0 Å². The molecule has 4 nitrogen and oxygen atoms in total. The van der Waals surface area contributed by atoms with E-state index in [-0.39, 0.29) is 11.2 Å². The van der Waals surface area contributed by atoms with Crippen molar-refractivity contribution in [2.75, 3.05) is 7.11 Å². The van der Waals surface area contributed by atoms with Gasteiger partial charge in [-0.3, -0.25) is 4.79 Å². The Hall–Kier alpha value is -1.75. The molecule has 1 aromatic heterocycles. The number of hydrogen-bond acceptors (Lipinski definition) is 5. The Balaban J connectivity index is 2.31.